The van der Waals surface area contributed by atoms with Gasteiger partial charge in [-0.05, 0) is 0 Å². The van der Waals surface area contributed by atoms with E-state index >= 15 is 0 Å². The highest BCUT2D eigenvalue weighted by Gasteiger charge is 2.36. The van der Waals surface area contributed by atoms with Crippen LogP contribution in [0.2, 0.25) is 0 Å². The summed E-state index contributed by atoms with van der Waals surface area (Å²) in [4.78, 5) is 4.16. The molecule has 2 rings (SSSR count). The molecule has 0 bridgehead atoms. The SMILES string of the molecule is C1=CCC2OC=[N+]C2C1. The van der Waals surface area contributed by atoms with Gasteiger partial charge in [-0.1, -0.05) is 12.2 Å². The van der Waals surface area contributed by atoms with Gasteiger partial charge in [-0.15, -0.1) is 0 Å². The molecular formula is C7H9NO+. The third-order valence-electron chi connectivity index (χ3n) is 1.83. The monoisotopic (exact) mass is 123 g/mol. The lowest BCUT2D eigenvalue weighted by Crippen LogP contribution is -2.26. The highest BCUT2D eigenvalue weighted by atomic mass is 16.5. The molecule has 2 heteroatoms. The van der Waals surface area contributed by atoms with Gasteiger partial charge < -0.3 is 4.74 Å². The molecule has 2 atom stereocenters. The summed E-state index contributed by atoms with van der Waals surface area (Å²) in [5.74, 6) is 0. The maximum absolute atomic E-state index is 5.21. The fraction of sp³-hybridized carbons (Fsp3) is 0.571. The van der Waals surface area contributed by atoms with Gasteiger partial charge >= 0.3 is 6.40 Å². The molecule has 47 valence electrons. The Hall–Kier alpha value is -0.790. The molecule has 0 aromatic heterocycles. The fourth-order valence-corrected chi connectivity index (χ4v) is 1.27. The van der Waals surface area contributed by atoms with Crippen molar-refractivity contribution in [3.63, 3.8) is 0 Å². The van der Waals surface area contributed by atoms with Crippen LogP contribution < -0.4 is 4.99 Å². The Labute approximate surface area is 54.2 Å². The van der Waals surface area contributed by atoms with Crippen LogP contribution in [0.5, 0.6) is 0 Å². The van der Waals surface area contributed by atoms with Crippen molar-refractivity contribution in [1.82, 2.24) is 4.99 Å². The maximum Gasteiger partial charge on any atom is 0.391 e. The molecule has 0 amide bonds. The Balaban J connectivity index is 2.13. The predicted molar refractivity (Wildman–Crippen MR) is 35.2 cm³/mol. The van der Waals surface area contributed by atoms with Crippen molar-refractivity contribution in [3.8, 4) is 0 Å². The average Bonchev–Trinajstić information content (AvgIpc) is 2.33. The van der Waals surface area contributed by atoms with Gasteiger partial charge in [0.1, 0.15) is 0 Å². The molecule has 0 saturated carbocycles. The maximum atomic E-state index is 5.21. The summed E-state index contributed by atoms with van der Waals surface area (Å²) in [5.41, 5.74) is 0. The van der Waals surface area contributed by atoms with E-state index in [1.165, 1.54) is 0 Å². The lowest BCUT2D eigenvalue weighted by atomic mass is 10.0. The third-order valence-corrected chi connectivity index (χ3v) is 1.83. The van der Waals surface area contributed by atoms with E-state index in [-0.39, 0.29) is 0 Å². The molecule has 0 spiro atoms. The zero-order valence-electron chi connectivity index (χ0n) is 5.16. The molecule has 1 heterocycles. The first kappa shape index (κ1) is 5.03. The van der Waals surface area contributed by atoms with Gasteiger partial charge in [-0.25, -0.2) is 0 Å². The number of aliphatic imine (C=N–C) groups is 1. The first-order chi connectivity index (χ1) is 4.47. The fourth-order valence-electron chi connectivity index (χ4n) is 1.27. The van der Waals surface area contributed by atoms with Crippen LogP contribution >= 0.6 is 0 Å². The normalized spacial score (nSPS) is 38.2. The van der Waals surface area contributed by atoms with E-state index in [4.69, 9.17) is 4.74 Å². The van der Waals surface area contributed by atoms with Crippen molar-refractivity contribution in [2.45, 2.75) is 25.0 Å². The molecule has 2 unspecified atom stereocenters. The topological polar surface area (TPSA) is 23.3 Å². The Morgan fingerprint density at radius 1 is 1.33 bits per heavy atom. The second-order valence-electron chi connectivity index (χ2n) is 2.44. The van der Waals surface area contributed by atoms with Crippen LogP contribution in [-0.4, -0.2) is 18.5 Å². The van der Waals surface area contributed by atoms with E-state index < -0.39 is 0 Å². The van der Waals surface area contributed by atoms with Crippen molar-refractivity contribution < 1.29 is 4.74 Å². The van der Waals surface area contributed by atoms with Crippen molar-refractivity contribution in [2.75, 3.05) is 0 Å². The van der Waals surface area contributed by atoms with Crippen molar-refractivity contribution in [3.05, 3.63) is 12.2 Å². The summed E-state index contributed by atoms with van der Waals surface area (Å²) >= 11 is 0. The van der Waals surface area contributed by atoms with E-state index in [0.29, 0.717) is 12.1 Å². The quantitative estimate of drug-likeness (QED) is 0.429. The van der Waals surface area contributed by atoms with Crippen LogP contribution in [0.15, 0.2) is 12.2 Å². The molecule has 0 N–H and O–H groups in total. The lowest BCUT2D eigenvalue weighted by molar-refractivity contribution is 0.195. The number of ether oxygens (including phenoxy) is 1. The van der Waals surface area contributed by atoms with Crippen LogP contribution in [0.3, 0.4) is 0 Å². The van der Waals surface area contributed by atoms with Gasteiger partial charge in [-0.3, -0.25) is 0 Å². The first-order valence-electron chi connectivity index (χ1n) is 3.29. The minimum Gasteiger partial charge on any atom is -0.435 e. The Bertz CT molecular complexity index is 162. The van der Waals surface area contributed by atoms with Gasteiger partial charge in [0.25, 0.3) is 6.04 Å². The zero-order chi connectivity index (χ0) is 6.10. The molecule has 0 saturated heterocycles. The Morgan fingerprint density at radius 2 is 2.22 bits per heavy atom. The number of fused-ring (bicyclic) bond motifs is 1. The van der Waals surface area contributed by atoms with Crippen LogP contribution in [0, 0.1) is 0 Å². The smallest absolute Gasteiger partial charge is 0.391 e. The summed E-state index contributed by atoms with van der Waals surface area (Å²) in [5, 5.41) is 0. The zero-order valence-corrected chi connectivity index (χ0v) is 5.16. The summed E-state index contributed by atoms with van der Waals surface area (Å²) in [6.07, 6.45) is 8.37. The molecule has 9 heavy (non-hydrogen) atoms. The second kappa shape index (κ2) is 1.87. The number of nitrogens with zero attached hydrogens (tertiary/aromatic N) is 1. The highest BCUT2D eigenvalue weighted by molar-refractivity contribution is 5.48. The van der Waals surface area contributed by atoms with Crippen LogP contribution in [0.4, 0.5) is 0 Å². The summed E-state index contributed by atoms with van der Waals surface area (Å²) in [6.45, 7) is 0. The molecular weight excluding hydrogens is 114 g/mol. The van der Waals surface area contributed by atoms with Gasteiger partial charge in [0.05, 0.1) is 4.99 Å². The van der Waals surface area contributed by atoms with Crippen molar-refractivity contribution in [2.24, 2.45) is 0 Å². The van der Waals surface area contributed by atoms with Crippen LogP contribution in [0.1, 0.15) is 12.8 Å². The average molecular weight is 123 g/mol. The summed E-state index contributed by atoms with van der Waals surface area (Å²) in [7, 11) is 0. The summed E-state index contributed by atoms with van der Waals surface area (Å²) in [6, 6.07) is 0.426. The minimum atomic E-state index is 0.356. The van der Waals surface area contributed by atoms with Gasteiger partial charge in [-0.2, -0.15) is 0 Å². The number of rotatable bonds is 0. The summed E-state index contributed by atoms with van der Waals surface area (Å²) < 4.78 is 5.21. The van der Waals surface area contributed by atoms with E-state index in [9.17, 15) is 0 Å². The van der Waals surface area contributed by atoms with Gasteiger partial charge in [0, 0.05) is 12.8 Å². The molecule has 0 fully saturated rings. The van der Waals surface area contributed by atoms with Crippen LogP contribution in [0.25, 0.3) is 0 Å². The van der Waals surface area contributed by atoms with Gasteiger partial charge in [0.2, 0.25) is 0 Å². The molecule has 1 aliphatic heterocycles. The molecule has 2 nitrogen and oxygen atoms in total. The van der Waals surface area contributed by atoms with E-state index in [1.54, 1.807) is 6.40 Å². The van der Waals surface area contributed by atoms with E-state index in [1.807, 2.05) is 0 Å². The molecule has 1 radical (unpaired) electrons. The Morgan fingerprint density at radius 3 is 3.11 bits per heavy atom. The van der Waals surface area contributed by atoms with Crippen molar-refractivity contribution >= 4 is 6.40 Å². The van der Waals surface area contributed by atoms with Crippen LogP contribution in [-0.2, 0) is 4.74 Å². The highest BCUT2D eigenvalue weighted by Crippen LogP contribution is 2.16. The first-order valence-corrected chi connectivity index (χ1v) is 3.29. The standard InChI is InChI=1S/C7H9NO/c1-2-4-7-6(3-1)8-5-9-7/h1-2,5-7H,3-4H2/q+1. The Kier molecular flexibility index (Phi) is 1.04. The van der Waals surface area contributed by atoms with Gasteiger partial charge in [0.15, 0.2) is 6.10 Å². The molecule has 2 aliphatic rings. The minimum absolute atomic E-state index is 0.356. The van der Waals surface area contributed by atoms with Crippen molar-refractivity contribution in [1.29, 1.82) is 0 Å². The van der Waals surface area contributed by atoms with E-state index in [0.717, 1.165) is 12.8 Å². The lowest BCUT2D eigenvalue weighted by Gasteiger charge is -2.09. The molecule has 1 aliphatic carbocycles. The predicted octanol–water partition coefficient (Wildman–Crippen LogP) is 0.468. The number of hydrogen-bond acceptors (Lipinski definition) is 2. The molecule has 0 aromatic rings. The second-order valence-corrected chi connectivity index (χ2v) is 2.44. The third kappa shape index (κ3) is 0.745. The molecule has 0 aromatic carbocycles. The largest absolute Gasteiger partial charge is 0.435 e. The number of hydrogen-bond donors (Lipinski definition) is 0. The van der Waals surface area contributed by atoms with E-state index in [2.05, 4.69) is 17.1 Å².